The molecule has 25 heavy (non-hydrogen) atoms. The topological polar surface area (TPSA) is 66.3 Å². The maximum Gasteiger partial charge on any atom is 0.363 e. The van der Waals surface area contributed by atoms with Gasteiger partial charge in [-0.3, -0.25) is 0 Å². The van der Waals surface area contributed by atoms with Crippen molar-refractivity contribution in [3.8, 4) is 17.2 Å². The summed E-state index contributed by atoms with van der Waals surface area (Å²) >= 11 is 0. The van der Waals surface area contributed by atoms with Crippen molar-refractivity contribution in [2.75, 3.05) is 21.3 Å². The molecule has 0 saturated carbocycles. The number of ether oxygens (including phenoxy) is 4. The van der Waals surface area contributed by atoms with Gasteiger partial charge in [0.05, 0.1) is 21.3 Å². The highest BCUT2D eigenvalue weighted by atomic mass is 16.6. The van der Waals surface area contributed by atoms with E-state index in [4.69, 9.17) is 18.9 Å². The second kappa shape index (κ2) is 7.09. The Kier molecular flexibility index (Phi) is 4.70. The number of hydrogen-bond acceptors (Lipinski definition) is 6. The number of aliphatic imine (C=N–C) groups is 1. The molecule has 0 aliphatic carbocycles. The minimum atomic E-state index is -0.525. The Morgan fingerprint density at radius 2 is 1.80 bits per heavy atom. The summed E-state index contributed by atoms with van der Waals surface area (Å²) in [7, 11) is 4.66. The van der Waals surface area contributed by atoms with Gasteiger partial charge in [0.2, 0.25) is 5.90 Å². The van der Waals surface area contributed by atoms with Gasteiger partial charge >= 0.3 is 5.97 Å². The third-order valence-electron chi connectivity index (χ3n) is 3.66. The highest BCUT2D eigenvalue weighted by molar-refractivity contribution is 6.13. The third-order valence-corrected chi connectivity index (χ3v) is 3.66. The van der Waals surface area contributed by atoms with Crippen LogP contribution in [0.3, 0.4) is 0 Å². The largest absolute Gasteiger partial charge is 0.497 e. The summed E-state index contributed by atoms with van der Waals surface area (Å²) in [5, 5.41) is 0. The zero-order valence-electron chi connectivity index (χ0n) is 14.1. The molecule has 128 valence electrons. The van der Waals surface area contributed by atoms with Gasteiger partial charge in [0.15, 0.2) is 17.2 Å². The minimum Gasteiger partial charge on any atom is -0.497 e. The molecule has 6 nitrogen and oxygen atoms in total. The number of esters is 1. The number of cyclic esters (lactones) is 1. The molecular formula is C19H17NO5. The first-order valence-corrected chi connectivity index (χ1v) is 7.54. The van der Waals surface area contributed by atoms with Crippen LogP contribution >= 0.6 is 0 Å². The van der Waals surface area contributed by atoms with E-state index in [0.717, 1.165) is 0 Å². The molecule has 0 unspecified atom stereocenters. The first kappa shape index (κ1) is 16.6. The molecule has 0 atom stereocenters. The first-order chi connectivity index (χ1) is 12.2. The molecule has 2 aromatic carbocycles. The van der Waals surface area contributed by atoms with E-state index >= 15 is 0 Å². The quantitative estimate of drug-likeness (QED) is 0.619. The summed E-state index contributed by atoms with van der Waals surface area (Å²) in [6.07, 6.45) is 1.61. The van der Waals surface area contributed by atoms with Crippen molar-refractivity contribution < 1.29 is 23.7 Å². The summed E-state index contributed by atoms with van der Waals surface area (Å²) in [5.74, 6) is 1.46. The second-order valence-electron chi connectivity index (χ2n) is 5.15. The molecule has 0 aromatic heterocycles. The van der Waals surface area contributed by atoms with Crippen molar-refractivity contribution in [1.29, 1.82) is 0 Å². The Balaban J connectivity index is 1.99. The molecule has 0 N–H and O–H groups in total. The number of carbonyl (C=O) groups is 1. The first-order valence-electron chi connectivity index (χ1n) is 7.54. The van der Waals surface area contributed by atoms with Crippen LogP contribution < -0.4 is 14.2 Å². The number of para-hydroxylation sites is 1. The maximum absolute atomic E-state index is 12.2. The summed E-state index contributed by atoms with van der Waals surface area (Å²) in [6, 6.07) is 12.5. The van der Waals surface area contributed by atoms with E-state index in [2.05, 4.69) is 4.99 Å². The van der Waals surface area contributed by atoms with E-state index in [9.17, 15) is 4.79 Å². The lowest BCUT2D eigenvalue weighted by Crippen LogP contribution is -2.05. The van der Waals surface area contributed by atoms with Gasteiger partial charge in [-0.05, 0) is 30.3 Å². The Morgan fingerprint density at radius 1 is 1.00 bits per heavy atom. The Labute approximate surface area is 145 Å². The maximum atomic E-state index is 12.2. The lowest BCUT2D eigenvalue weighted by Gasteiger charge is -2.09. The van der Waals surface area contributed by atoms with E-state index in [0.29, 0.717) is 28.4 Å². The van der Waals surface area contributed by atoms with Gasteiger partial charge < -0.3 is 18.9 Å². The van der Waals surface area contributed by atoms with Crippen molar-refractivity contribution in [3.05, 3.63) is 59.3 Å². The molecule has 1 heterocycles. The molecule has 1 aliphatic rings. The van der Waals surface area contributed by atoms with Gasteiger partial charge in [-0.15, -0.1) is 0 Å². The number of hydrogen-bond donors (Lipinski definition) is 0. The average molecular weight is 339 g/mol. The second-order valence-corrected chi connectivity index (χ2v) is 5.15. The highest BCUT2D eigenvalue weighted by Crippen LogP contribution is 2.33. The van der Waals surface area contributed by atoms with E-state index in [1.807, 2.05) is 0 Å². The number of rotatable bonds is 5. The third kappa shape index (κ3) is 3.33. The molecule has 0 bridgehead atoms. The van der Waals surface area contributed by atoms with Crippen molar-refractivity contribution in [2.24, 2.45) is 4.99 Å². The van der Waals surface area contributed by atoms with Gasteiger partial charge in [-0.25, -0.2) is 9.79 Å². The highest BCUT2D eigenvalue weighted by Gasteiger charge is 2.25. The predicted molar refractivity (Wildman–Crippen MR) is 93.1 cm³/mol. The zero-order valence-corrected chi connectivity index (χ0v) is 14.1. The summed E-state index contributed by atoms with van der Waals surface area (Å²) < 4.78 is 21.1. The standard InChI is InChI=1S/C19H17NO5/c1-22-14-8-4-7-13(10-14)18-20-15(19(21)25-18)11-12-6-5-9-16(23-2)17(12)24-3/h4-11H,1-3H3/b15-11+. The zero-order chi connectivity index (χ0) is 17.8. The molecular weight excluding hydrogens is 322 g/mol. The van der Waals surface area contributed by atoms with Crippen molar-refractivity contribution in [2.45, 2.75) is 0 Å². The van der Waals surface area contributed by atoms with Gasteiger partial charge in [0.1, 0.15) is 5.75 Å². The fraction of sp³-hybridized carbons (Fsp3) is 0.158. The van der Waals surface area contributed by atoms with Gasteiger partial charge in [0.25, 0.3) is 0 Å². The molecule has 0 fully saturated rings. The van der Waals surface area contributed by atoms with Crippen molar-refractivity contribution >= 4 is 17.9 Å². The van der Waals surface area contributed by atoms with E-state index in [1.54, 1.807) is 62.8 Å². The number of nitrogens with zero attached hydrogens (tertiary/aromatic N) is 1. The van der Waals surface area contributed by atoms with Crippen LogP contribution in [0.1, 0.15) is 11.1 Å². The Morgan fingerprint density at radius 3 is 2.52 bits per heavy atom. The van der Waals surface area contributed by atoms with Crippen LogP contribution in [0.4, 0.5) is 0 Å². The molecule has 0 radical (unpaired) electrons. The van der Waals surface area contributed by atoms with Crippen LogP contribution in [0.5, 0.6) is 17.2 Å². The molecule has 3 rings (SSSR count). The summed E-state index contributed by atoms with van der Waals surface area (Å²) in [6.45, 7) is 0. The molecule has 0 spiro atoms. The molecule has 0 saturated heterocycles. The molecule has 0 amide bonds. The van der Waals surface area contributed by atoms with Gasteiger partial charge in [-0.1, -0.05) is 18.2 Å². The van der Waals surface area contributed by atoms with Crippen LogP contribution in [-0.2, 0) is 9.53 Å². The van der Waals surface area contributed by atoms with Crippen LogP contribution in [0.15, 0.2) is 53.2 Å². The van der Waals surface area contributed by atoms with Crippen LogP contribution in [0, 0.1) is 0 Å². The number of carbonyl (C=O) groups excluding carboxylic acids is 1. The van der Waals surface area contributed by atoms with Crippen molar-refractivity contribution in [1.82, 2.24) is 0 Å². The van der Waals surface area contributed by atoms with E-state index < -0.39 is 5.97 Å². The van der Waals surface area contributed by atoms with Crippen molar-refractivity contribution in [3.63, 3.8) is 0 Å². The Hall–Kier alpha value is -3.28. The van der Waals surface area contributed by atoms with E-state index in [-0.39, 0.29) is 11.6 Å². The van der Waals surface area contributed by atoms with Gasteiger partial charge in [0, 0.05) is 11.1 Å². The lowest BCUT2D eigenvalue weighted by molar-refractivity contribution is -0.129. The monoisotopic (exact) mass is 339 g/mol. The fourth-order valence-corrected chi connectivity index (χ4v) is 2.46. The minimum absolute atomic E-state index is 0.185. The number of methoxy groups -OCH3 is 3. The summed E-state index contributed by atoms with van der Waals surface area (Å²) in [5.41, 5.74) is 1.52. The molecule has 6 heteroatoms. The normalized spacial score (nSPS) is 14.9. The van der Waals surface area contributed by atoms with Crippen LogP contribution in [-0.4, -0.2) is 33.2 Å². The predicted octanol–water partition coefficient (Wildman–Crippen LogP) is 3.06. The lowest BCUT2D eigenvalue weighted by atomic mass is 10.1. The van der Waals surface area contributed by atoms with E-state index in [1.165, 1.54) is 7.11 Å². The molecule has 1 aliphatic heterocycles. The smallest absolute Gasteiger partial charge is 0.363 e. The van der Waals surface area contributed by atoms with Crippen LogP contribution in [0.2, 0.25) is 0 Å². The molecule has 2 aromatic rings. The summed E-state index contributed by atoms with van der Waals surface area (Å²) in [4.78, 5) is 16.5. The number of benzene rings is 2. The average Bonchev–Trinajstić information content (AvgIpc) is 3.02. The Bertz CT molecular complexity index is 870. The van der Waals surface area contributed by atoms with Gasteiger partial charge in [-0.2, -0.15) is 0 Å². The SMILES string of the molecule is COc1cccc(C2=N/C(=C/c3cccc(OC)c3OC)C(=O)O2)c1. The fourth-order valence-electron chi connectivity index (χ4n) is 2.46. The van der Waals surface area contributed by atoms with Crippen LogP contribution in [0.25, 0.3) is 6.08 Å².